The summed E-state index contributed by atoms with van der Waals surface area (Å²) in [7, 11) is 0. The van der Waals surface area contributed by atoms with E-state index in [4.69, 9.17) is 10.4 Å². The van der Waals surface area contributed by atoms with Crippen molar-refractivity contribution < 1.29 is 9.90 Å². The average molecular weight is 219 g/mol. The quantitative estimate of drug-likeness (QED) is 0.803. The molecule has 0 aliphatic rings. The minimum absolute atomic E-state index is 0.00695. The van der Waals surface area contributed by atoms with Gasteiger partial charge < -0.3 is 10.4 Å². The number of carboxylic acids is 1. The van der Waals surface area contributed by atoms with Gasteiger partial charge in [-0.15, -0.1) is 0 Å². The Kier molecular flexibility index (Phi) is 3.46. The molecule has 5 nitrogen and oxygen atoms in total. The van der Waals surface area contributed by atoms with Gasteiger partial charge in [-0.2, -0.15) is 5.26 Å². The highest BCUT2D eigenvalue weighted by Crippen LogP contribution is 2.17. The van der Waals surface area contributed by atoms with Crippen molar-refractivity contribution in [3.63, 3.8) is 0 Å². The maximum absolute atomic E-state index is 10.6. The molecule has 0 spiro atoms. The largest absolute Gasteiger partial charge is 0.481 e. The summed E-state index contributed by atoms with van der Waals surface area (Å²) in [5, 5.41) is 20.3. The first kappa shape index (κ1) is 12.0. The molecule has 0 fully saturated rings. The van der Waals surface area contributed by atoms with Gasteiger partial charge >= 0.3 is 5.97 Å². The van der Waals surface area contributed by atoms with Gasteiger partial charge in [0.15, 0.2) is 0 Å². The van der Waals surface area contributed by atoms with E-state index in [1.807, 2.05) is 6.07 Å². The minimum atomic E-state index is -0.862. The Bertz CT molecular complexity index is 418. The fraction of sp³-hybridized carbons (Fsp3) is 0.364. The highest BCUT2D eigenvalue weighted by atomic mass is 16.4. The normalized spacial score (nSPS) is 10.6. The van der Waals surface area contributed by atoms with Crippen molar-refractivity contribution in [3.05, 3.63) is 24.0 Å². The van der Waals surface area contributed by atoms with Crippen LogP contribution in [0.4, 0.5) is 5.69 Å². The molecule has 84 valence electrons. The van der Waals surface area contributed by atoms with Crippen molar-refractivity contribution in [2.75, 3.05) is 5.32 Å². The lowest BCUT2D eigenvalue weighted by molar-refractivity contribution is -0.137. The van der Waals surface area contributed by atoms with E-state index in [1.54, 1.807) is 26.0 Å². The highest BCUT2D eigenvalue weighted by molar-refractivity contribution is 5.69. The van der Waals surface area contributed by atoms with E-state index >= 15 is 0 Å². The fourth-order valence-corrected chi connectivity index (χ4v) is 1.35. The van der Waals surface area contributed by atoms with Gasteiger partial charge in [0, 0.05) is 5.54 Å². The van der Waals surface area contributed by atoms with Crippen LogP contribution in [-0.4, -0.2) is 21.6 Å². The van der Waals surface area contributed by atoms with Gasteiger partial charge in [-0.3, -0.25) is 4.79 Å². The van der Waals surface area contributed by atoms with Crippen molar-refractivity contribution in [1.82, 2.24) is 4.98 Å². The predicted octanol–water partition coefficient (Wildman–Crippen LogP) is 1.62. The summed E-state index contributed by atoms with van der Waals surface area (Å²) in [5.74, 6) is -0.862. The summed E-state index contributed by atoms with van der Waals surface area (Å²) < 4.78 is 0. The number of pyridine rings is 1. The molecule has 5 heteroatoms. The number of carbonyl (C=O) groups is 1. The number of carboxylic acid groups (broad SMARTS) is 1. The van der Waals surface area contributed by atoms with Crippen LogP contribution in [-0.2, 0) is 4.79 Å². The molecule has 1 heterocycles. The summed E-state index contributed by atoms with van der Waals surface area (Å²) in [6, 6.07) is 5.20. The van der Waals surface area contributed by atoms with Gasteiger partial charge in [-0.25, -0.2) is 4.98 Å². The predicted molar refractivity (Wildman–Crippen MR) is 58.9 cm³/mol. The van der Waals surface area contributed by atoms with E-state index in [-0.39, 0.29) is 6.42 Å². The number of aliphatic carboxylic acids is 1. The van der Waals surface area contributed by atoms with Crippen LogP contribution in [0.5, 0.6) is 0 Å². The van der Waals surface area contributed by atoms with E-state index < -0.39 is 11.5 Å². The van der Waals surface area contributed by atoms with Gasteiger partial charge in [0.25, 0.3) is 0 Å². The maximum Gasteiger partial charge on any atom is 0.305 e. The Morgan fingerprint density at radius 2 is 2.31 bits per heavy atom. The number of anilines is 1. The molecular formula is C11H13N3O2. The summed E-state index contributed by atoms with van der Waals surface area (Å²) in [6.45, 7) is 3.58. The van der Waals surface area contributed by atoms with Gasteiger partial charge in [0.1, 0.15) is 11.8 Å². The zero-order valence-corrected chi connectivity index (χ0v) is 9.19. The lowest BCUT2D eigenvalue weighted by atomic mass is 10.0. The van der Waals surface area contributed by atoms with Crippen LogP contribution < -0.4 is 5.32 Å². The Labute approximate surface area is 93.7 Å². The van der Waals surface area contributed by atoms with Crippen LogP contribution >= 0.6 is 0 Å². The van der Waals surface area contributed by atoms with Crippen LogP contribution in [0.15, 0.2) is 18.3 Å². The first-order chi connectivity index (χ1) is 7.43. The van der Waals surface area contributed by atoms with Crippen LogP contribution in [0.3, 0.4) is 0 Å². The molecule has 1 aromatic rings. The second kappa shape index (κ2) is 4.62. The van der Waals surface area contributed by atoms with Gasteiger partial charge in [0.05, 0.1) is 18.3 Å². The van der Waals surface area contributed by atoms with E-state index in [9.17, 15) is 4.79 Å². The monoisotopic (exact) mass is 219 g/mol. The molecule has 1 aromatic heterocycles. The number of hydrogen-bond donors (Lipinski definition) is 2. The first-order valence-corrected chi connectivity index (χ1v) is 4.79. The molecule has 16 heavy (non-hydrogen) atoms. The lowest BCUT2D eigenvalue weighted by Gasteiger charge is -2.25. The van der Waals surface area contributed by atoms with Gasteiger partial charge in [-0.05, 0) is 26.0 Å². The third-order valence-electron chi connectivity index (χ3n) is 1.95. The van der Waals surface area contributed by atoms with Crippen LogP contribution in [0, 0.1) is 11.3 Å². The molecule has 0 aromatic carbocycles. The molecule has 0 bridgehead atoms. The van der Waals surface area contributed by atoms with Crippen molar-refractivity contribution in [1.29, 1.82) is 5.26 Å². The topological polar surface area (TPSA) is 86.0 Å². The number of rotatable bonds is 4. The molecule has 0 aliphatic carbocycles. The van der Waals surface area contributed by atoms with E-state index in [1.165, 1.54) is 6.20 Å². The number of nitrogens with zero attached hydrogens (tertiary/aromatic N) is 2. The van der Waals surface area contributed by atoms with E-state index in [0.717, 1.165) is 0 Å². The van der Waals surface area contributed by atoms with E-state index in [2.05, 4.69) is 10.3 Å². The molecule has 0 saturated heterocycles. The zero-order chi connectivity index (χ0) is 12.2. The lowest BCUT2D eigenvalue weighted by Crippen LogP contribution is -2.33. The Morgan fingerprint density at radius 1 is 1.62 bits per heavy atom. The number of nitrogens with one attached hydrogen (secondary N) is 1. The number of nitriles is 1. The van der Waals surface area contributed by atoms with Crippen LogP contribution in [0.1, 0.15) is 26.0 Å². The zero-order valence-electron chi connectivity index (χ0n) is 9.19. The molecular weight excluding hydrogens is 206 g/mol. The summed E-state index contributed by atoms with van der Waals surface area (Å²) in [6.07, 6.45) is 1.52. The molecule has 0 amide bonds. The molecule has 0 radical (unpaired) electrons. The third kappa shape index (κ3) is 3.58. The Morgan fingerprint density at radius 3 is 2.75 bits per heavy atom. The molecule has 0 saturated carbocycles. The van der Waals surface area contributed by atoms with Crippen molar-refractivity contribution in [3.8, 4) is 6.07 Å². The number of aromatic nitrogens is 1. The first-order valence-electron chi connectivity index (χ1n) is 4.79. The van der Waals surface area contributed by atoms with Gasteiger partial charge in [-0.1, -0.05) is 0 Å². The third-order valence-corrected chi connectivity index (χ3v) is 1.95. The SMILES string of the molecule is CC(C)(CC(=O)O)Nc1ccc(C#N)nc1. The van der Waals surface area contributed by atoms with Crippen LogP contribution in [0.2, 0.25) is 0 Å². The van der Waals surface area contributed by atoms with Crippen molar-refractivity contribution >= 4 is 11.7 Å². The summed E-state index contributed by atoms with van der Waals surface area (Å²) in [5.41, 5.74) is 0.480. The summed E-state index contributed by atoms with van der Waals surface area (Å²) >= 11 is 0. The maximum atomic E-state index is 10.6. The van der Waals surface area contributed by atoms with Crippen LogP contribution in [0.25, 0.3) is 0 Å². The van der Waals surface area contributed by atoms with Crippen molar-refractivity contribution in [2.24, 2.45) is 0 Å². The average Bonchev–Trinajstić information content (AvgIpc) is 2.16. The van der Waals surface area contributed by atoms with Crippen molar-refractivity contribution in [2.45, 2.75) is 25.8 Å². The van der Waals surface area contributed by atoms with E-state index in [0.29, 0.717) is 11.4 Å². The minimum Gasteiger partial charge on any atom is -0.481 e. The Balaban J connectivity index is 2.72. The molecule has 2 N–H and O–H groups in total. The second-order valence-electron chi connectivity index (χ2n) is 4.12. The second-order valence-corrected chi connectivity index (χ2v) is 4.12. The Hall–Kier alpha value is -2.09. The molecule has 0 aliphatic heterocycles. The smallest absolute Gasteiger partial charge is 0.305 e. The van der Waals surface area contributed by atoms with Gasteiger partial charge in [0.2, 0.25) is 0 Å². The molecule has 0 unspecified atom stereocenters. The fourth-order valence-electron chi connectivity index (χ4n) is 1.35. The number of hydrogen-bond acceptors (Lipinski definition) is 4. The standard InChI is InChI=1S/C11H13N3O2/c1-11(2,5-10(15)16)14-9-4-3-8(6-12)13-7-9/h3-4,7,14H,5H2,1-2H3,(H,15,16). The molecule has 1 rings (SSSR count). The highest BCUT2D eigenvalue weighted by Gasteiger charge is 2.21. The molecule has 0 atom stereocenters. The summed E-state index contributed by atoms with van der Waals surface area (Å²) in [4.78, 5) is 14.5.